The number of ether oxygens (including phenoxy) is 2. The lowest BCUT2D eigenvalue weighted by Gasteiger charge is -2.12. The Kier molecular flexibility index (Phi) is 7.38. The maximum Gasteiger partial charge on any atom is 0.266 e. The quantitative estimate of drug-likeness (QED) is 0.275. The van der Waals surface area contributed by atoms with Crippen molar-refractivity contribution in [2.45, 2.75) is 6.92 Å². The fourth-order valence-electron chi connectivity index (χ4n) is 2.66. The zero-order valence-corrected chi connectivity index (χ0v) is 19.2. The molecule has 1 saturated heterocycles. The molecule has 3 rings (SSSR count). The van der Waals surface area contributed by atoms with Gasteiger partial charge in [-0.2, -0.15) is 0 Å². The standard InChI is InChI=1S/C22H21IN2O3S/c1-4-12-28-19-11-6-15(13-18(19)23)14-20-21(26)25(5-2)22(29-20)24-16-7-9-17(27-3)10-8-16/h4,6-11,13-14H,1,5,12H2,2-3H3/b20-14+,24-22?. The summed E-state index contributed by atoms with van der Waals surface area (Å²) in [5.74, 6) is 1.54. The molecule has 0 aliphatic carbocycles. The van der Waals surface area contributed by atoms with Crippen LogP contribution in [0.5, 0.6) is 11.5 Å². The van der Waals surface area contributed by atoms with Gasteiger partial charge < -0.3 is 9.47 Å². The number of rotatable bonds is 7. The van der Waals surface area contributed by atoms with Gasteiger partial charge in [0.1, 0.15) is 18.1 Å². The Morgan fingerprint density at radius 3 is 2.62 bits per heavy atom. The number of likely N-dealkylation sites (N-methyl/N-ethyl adjacent to an activating group) is 1. The summed E-state index contributed by atoms with van der Waals surface area (Å²) < 4.78 is 11.8. The van der Waals surface area contributed by atoms with Crippen molar-refractivity contribution >= 4 is 57.2 Å². The predicted molar refractivity (Wildman–Crippen MR) is 128 cm³/mol. The van der Waals surface area contributed by atoms with Gasteiger partial charge in [-0.15, -0.1) is 0 Å². The number of aliphatic imine (C=N–C) groups is 1. The summed E-state index contributed by atoms with van der Waals surface area (Å²) in [5, 5.41) is 0.676. The van der Waals surface area contributed by atoms with Crippen molar-refractivity contribution in [1.82, 2.24) is 4.90 Å². The van der Waals surface area contributed by atoms with Crippen molar-refractivity contribution in [1.29, 1.82) is 0 Å². The molecule has 0 saturated carbocycles. The largest absolute Gasteiger partial charge is 0.497 e. The van der Waals surface area contributed by atoms with E-state index in [-0.39, 0.29) is 5.91 Å². The van der Waals surface area contributed by atoms with Crippen LogP contribution in [0.4, 0.5) is 5.69 Å². The molecule has 1 aliphatic rings. The molecular formula is C22H21IN2O3S. The van der Waals surface area contributed by atoms with Gasteiger partial charge in [0.05, 0.1) is 21.3 Å². The minimum Gasteiger partial charge on any atom is -0.497 e. The van der Waals surface area contributed by atoms with Crippen LogP contribution in [-0.4, -0.2) is 36.2 Å². The van der Waals surface area contributed by atoms with Crippen molar-refractivity contribution < 1.29 is 14.3 Å². The molecule has 1 heterocycles. The smallest absolute Gasteiger partial charge is 0.266 e. The first-order valence-electron chi connectivity index (χ1n) is 9.03. The third-order valence-corrected chi connectivity index (χ3v) is 5.96. The first-order chi connectivity index (χ1) is 14.0. The highest BCUT2D eigenvalue weighted by atomic mass is 127. The second-order valence-corrected chi connectivity index (χ2v) is 8.21. The Balaban J connectivity index is 1.85. The molecule has 1 aliphatic heterocycles. The first kappa shape index (κ1) is 21.4. The van der Waals surface area contributed by atoms with Crippen LogP contribution in [0.3, 0.4) is 0 Å². The number of halogens is 1. The minimum atomic E-state index is -0.0354. The molecule has 150 valence electrons. The number of hydrogen-bond acceptors (Lipinski definition) is 5. The Morgan fingerprint density at radius 2 is 2.00 bits per heavy atom. The lowest BCUT2D eigenvalue weighted by molar-refractivity contribution is -0.122. The summed E-state index contributed by atoms with van der Waals surface area (Å²) >= 11 is 3.61. The van der Waals surface area contributed by atoms with E-state index in [1.165, 1.54) is 11.8 Å². The molecule has 29 heavy (non-hydrogen) atoms. The summed E-state index contributed by atoms with van der Waals surface area (Å²) in [4.78, 5) is 19.8. The fourth-order valence-corrected chi connectivity index (χ4v) is 4.42. The number of carbonyl (C=O) groups is 1. The number of methoxy groups -OCH3 is 1. The Morgan fingerprint density at radius 1 is 1.24 bits per heavy atom. The third-order valence-electron chi connectivity index (χ3n) is 4.11. The van der Waals surface area contributed by atoms with E-state index in [1.54, 1.807) is 18.1 Å². The molecule has 7 heteroatoms. The fraction of sp³-hybridized carbons (Fsp3) is 0.182. The summed E-state index contributed by atoms with van der Waals surface area (Å²) in [7, 11) is 1.63. The van der Waals surface area contributed by atoms with E-state index < -0.39 is 0 Å². The van der Waals surface area contributed by atoms with Crippen LogP contribution in [0.15, 0.2) is 65.0 Å². The minimum absolute atomic E-state index is 0.0354. The second-order valence-electron chi connectivity index (χ2n) is 6.04. The van der Waals surface area contributed by atoms with Gasteiger partial charge in [0, 0.05) is 6.54 Å². The average Bonchev–Trinajstić information content (AvgIpc) is 3.02. The van der Waals surface area contributed by atoms with Crippen LogP contribution >= 0.6 is 34.4 Å². The van der Waals surface area contributed by atoms with Crippen LogP contribution in [0.25, 0.3) is 6.08 Å². The number of hydrogen-bond donors (Lipinski definition) is 0. The molecule has 2 aromatic rings. The van der Waals surface area contributed by atoms with Crippen molar-refractivity contribution in [3.63, 3.8) is 0 Å². The molecular weight excluding hydrogens is 499 g/mol. The van der Waals surface area contributed by atoms with Crippen LogP contribution in [0.1, 0.15) is 12.5 Å². The van der Waals surface area contributed by atoms with Gasteiger partial charge in [0.15, 0.2) is 5.17 Å². The molecule has 0 aromatic heterocycles. The van der Waals surface area contributed by atoms with E-state index in [0.717, 1.165) is 26.3 Å². The first-order valence-corrected chi connectivity index (χ1v) is 10.9. The Bertz CT molecular complexity index is 971. The molecule has 0 unspecified atom stereocenters. The highest BCUT2D eigenvalue weighted by molar-refractivity contribution is 14.1. The topological polar surface area (TPSA) is 51.1 Å². The number of carbonyl (C=O) groups excluding carboxylic acids is 1. The lowest BCUT2D eigenvalue weighted by Crippen LogP contribution is -2.28. The maximum absolute atomic E-state index is 12.8. The molecule has 0 spiro atoms. The predicted octanol–water partition coefficient (Wildman–Crippen LogP) is 5.49. The van der Waals surface area contributed by atoms with Crippen molar-refractivity contribution in [3.05, 3.63) is 69.2 Å². The molecule has 0 atom stereocenters. The van der Waals surface area contributed by atoms with E-state index in [1.807, 2.05) is 55.5 Å². The van der Waals surface area contributed by atoms with Gasteiger partial charge in [0.2, 0.25) is 0 Å². The molecule has 2 aromatic carbocycles. The second kappa shape index (κ2) is 9.98. The number of amides is 1. The summed E-state index contributed by atoms with van der Waals surface area (Å²) in [5.41, 5.74) is 1.72. The normalized spacial score (nSPS) is 16.5. The third kappa shape index (κ3) is 5.22. The number of thioether (sulfide) groups is 1. The van der Waals surface area contributed by atoms with E-state index >= 15 is 0 Å². The van der Waals surface area contributed by atoms with Crippen LogP contribution < -0.4 is 9.47 Å². The molecule has 1 fully saturated rings. The number of amidine groups is 1. The monoisotopic (exact) mass is 520 g/mol. The van der Waals surface area contributed by atoms with Gasteiger partial charge in [-0.25, -0.2) is 4.99 Å². The van der Waals surface area contributed by atoms with Gasteiger partial charge >= 0.3 is 0 Å². The van der Waals surface area contributed by atoms with Gasteiger partial charge in [-0.1, -0.05) is 18.7 Å². The molecule has 5 nitrogen and oxygen atoms in total. The molecule has 0 radical (unpaired) electrons. The van der Waals surface area contributed by atoms with E-state index in [0.29, 0.717) is 23.2 Å². The van der Waals surface area contributed by atoms with E-state index in [4.69, 9.17) is 9.47 Å². The summed E-state index contributed by atoms with van der Waals surface area (Å²) in [6.07, 6.45) is 3.61. The summed E-state index contributed by atoms with van der Waals surface area (Å²) in [6, 6.07) is 13.3. The molecule has 0 bridgehead atoms. The van der Waals surface area contributed by atoms with Crippen LogP contribution in [0, 0.1) is 3.57 Å². The highest BCUT2D eigenvalue weighted by Crippen LogP contribution is 2.35. The Labute approximate surface area is 188 Å². The zero-order chi connectivity index (χ0) is 20.8. The van der Waals surface area contributed by atoms with Crippen LogP contribution in [-0.2, 0) is 4.79 Å². The molecule has 1 amide bonds. The molecule has 0 N–H and O–H groups in total. The van der Waals surface area contributed by atoms with E-state index in [9.17, 15) is 4.79 Å². The van der Waals surface area contributed by atoms with Crippen LogP contribution in [0.2, 0.25) is 0 Å². The SMILES string of the molecule is C=CCOc1ccc(/C=C2/SC(=Nc3ccc(OC)cc3)N(CC)C2=O)cc1I. The zero-order valence-electron chi connectivity index (χ0n) is 16.2. The van der Waals surface area contributed by atoms with Gasteiger partial charge in [-0.3, -0.25) is 9.69 Å². The highest BCUT2D eigenvalue weighted by Gasteiger charge is 2.32. The van der Waals surface area contributed by atoms with Crippen molar-refractivity contribution in [2.75, 3.05) is 20.3 Å². The lowest BCUT2D eigenvalue weighted by atomic mass is 10.2. The van der Waals surface area contributed by atoms with Gasteiger partial charge in [-0.05, 0) is 89.3 Å². The van der Waals surface area contributed by atoms with Gasteiger partial charge in [0.25, 0.3) is 5.91 Å². The van der Waals surface area contributed by atoms with Crippen molar-refractivity contribution in [3.8, 4) is 11.5 Å². The maximum atomic E-state index is 12.8. The summed E-state index contributed by atoms with van der Waals surface area (Å²) in [6.45, 7) is 6.62. The van der Waals surface area contributed by atoms with Crippen molar-refractivity contribution in [2.24, 2.45) is 4.99 Å². The van der Waals surface area contributed by atoms with E-state index in [2.05, 4.69) is 34.2 Å². The number of nitrogens with zero attached hydrogens (tertiary/aromatic N) is 2. The Hall–Kier alpha value is -2.26. The average molecular weight is 520 g/mol. The number of benzene rings is 2.